The minimum absolute atomic E-state index is 0.150. The maximum atomic E-state index is 13.1. The molecule has 1 atom stereocenters. The number of carbonyl (C=O) groups is 2. The van der Waals surface area contributed by atoms with Crippen LogP contribution in [0.2, 0.25) is 0 Å². The van der Waals surface area contributed by atoms with E-state index in [1.165, 1.54) is 17.0 Å². The first-order valence-corrected chi connectivity index (χ1v) is 11.6. The number of imide groups is 1. The molecule has 0 bridgehead atoms. The van der Waals surface area contributed by atoms with E-state index in [1.54, 1.807) is 30.3 Å². The fraction of sp³-hybridized carbons (Fsp3) is 0.304. The van der Waals surface area contributed by atoms with E-state index in [9.17, 15) is 14.0 Å². The molecule has 0 N–H and O–H groups in total. The predicted octanol–water partition coefficient (Wildman–Crippen LogP) is 6.40. The first-order chi connectivity index (χ1) is 14.8. The van der Waals surface area contributed by atoms with E-state index in [-0.39, 0.29) is 29.6 Å². The summed E-state index contributed by atoms with van der Waals surface area (Å²) in [7, 11) is 0. The summed E-state index contributed by atoms with van der Waals surface area (Å²) < 4.78 is 25.4. The molecule has 1 aliphatic heterocycles. The van der Waals surface area contributed by atoms with E-state index < -0.39 is 0 Å². The molecular formula is C23H23BrFNO4S. The van der Waals surface area contributed by atoms with Crippen LogP contribution in [0, 0.1) is 5.82 Å². The highest BCUT2D eigenvalue weighted by molar-refractivity contribution is 9.10. The van der Waals surface area contributed by atoms with Gasteiger partial charge in [-0.05, 0) is 73.5 Å². The number of amides is 2. The van der Waals surface area contributed by atoms with Crippen molar-refractivity contribution >= 4 is 44.9 Å². The molecule has 0 aromatic heterocycles. The highest BCUT2D eigenvalue weighted by atomic mass is 79.9. The number of benzene rings is 2. The van der Waals surface area contributed by atoms with Crippen molar-refractivity contribution in [2.45, 2.75) is 39.8 Å². The van der Waals surface area contributed by atoms with Gasteiger partial charge in [0.05, 0.1) is 11.5 Å². The van der Waals surface area contributed by atoms with Crippen molar-refractivity contribution in [2.75, 3.05) is 6.61 Å². The summed E-state index contributed by atoms with van der Waals surface area (Å²) in [6.45, 7) is 6.34. The lowest BCUT2D eigenvalue weighted by molar-refractivity contribution is -0.124. The molecule has 1 heterocycles. The van der Waals surface area contributed by atoms with Crippen molar-refractivity contribution < 1.29 is 23.5 Å². The van der Waals surface area contributed by atoms with Crippen LogP contribution in [0.1, 0.15) is 38.3 Å². The molecule has 3 rings (SSSR count). The Morgan fingerprint density at radius 1 is 1.13 bits per heavy atom. The molecule has 2 aromatic rings. The van der Waals surface area contributed by atoms with E-state index in [0.717, 1.165) is 17.3 Å². The molecule has 8 heteroatoms. The summed E-state index contributed by atoms with van der Waals surface area (Å²) in [5.41, 5.74) is 1.52. The summed E-state index contributed by atoms with van der Waals surface area (Å²) in [5.74, 6) is 0.442. The van der Waals surface area contributed by atoms with E-state index in [1.807, 2.05) is 20.8 Å². The lowest BCUT2D eigenvalue weighted by atomic mass is 10.1. The minimum Gasteiger partial charge on any atom is -0.490 e. The monoisotopic (exact) mass is 507 g/mol. The fourth-order valence-corrected chi connectivity index (χ4v) is 4.33. The van der Waals surface area contributed by atoms with E-state index in [4.69, 9.17) is 9.47 Å². The Kier molecular flexibility index (Phi) is 7.78. The van der Waals surface area contributed by atoms with Gasteiger partial charge in [-0.1, -0.05) is 35.0 Å². The number of hydrogen-bond donors (Lipinski definition) is 0. The van der Waals surface area contributed by atoms with Crippen LogP contribution in [0.3, 0.4) is 0 Å². The average Bonchev–Trinajstić information content (AvgIpc) is 3.03. The molecule has 1 aliphatic rings. The van der Waals surface area contributed by atoms with Crippen molar-refractivity contribution in [3.63, 3.8) is 0 Å². The van der Waals surface area contributed by atoms with Crippen LogP contribution in [-0.4, -0.2) is 28.7 Å². The highest BCUT2D eigenvalue weighted by Crippen LogP contribution is 2.39. The first kappa shape index (κ1) is 23.3. The topological polar surface area (TPSA) is 55.8 Å². The maximum absolute atomic E-state index is 13.1. The Hall–Kier alpha value is -2.32. The van der Waals surface area contributed by atoms with Crippen LogP contribution in [0.5, 0.6) is 11.5 Å². The van der Waals surface area contributed by atoms with Crippen LogP contribution >= 0.6 is 27.7 Å². The van der Waals surface area contributed by atoms with Gasteiger partial charge < -0.3 is 9.47 Å². The number of carbonyl (C=O) groups excluding carboxylic acids is 2. The lowest BCUT2D eigenvalue weighted by Crippen LogP contribution is -2.36. The van der Waals surface area contributed by atoms with Crippen LogP contribution < -0.4 is 9.47 Å². The van der Waals surface area contributed by atoms with Crippen LogP contribution in [0.25, 0.3) is 6.08 Å². The fourth-order valence-electron chi connectivity index (χ4n) is 2.97. The molecule has 0 radical (unpaired) electrons. The molecule has 5 nitrogen and oxygen atoms in total. The van der Waals surface area contributed by atoms with Crippen molar-refractivity contribution in [3.8, 4) is 11.5 Å². The summed E-state index contributed by atoms with van der Waals surface area (Å²) in [4.78, 5) is 26.7. The van der Waals surface area contributed by atoms with Gasteiger partial charge in [-0.2, -0.15) is 0 Å². The summed E-state index contributed by atoms with van der Waals surface area (Å²) in [6.07, 6.45) is 2.38. The third kappa shape index (κ3) is 5.49. The number of halogens is 2. The van der Waals surface area contributed by atoms with E-state index in [2.05, 4.69) is 15.9 Å². The maximum Gasteiger partial charge on any atom is 0.293 e. The third-order valence-electron chi connectivity index (χ3n) is 4.81. The van der Waals surface area contributed by atoms with Gasteiger partial charge in [0.2, 0.25) is 0 Å². The largest absolute Gasteiger partial charge is 0.490 e. The molecule has 1 fully saturated rings. The first-order valence-electron chi connectivity index (χ1n) is 9.94. The predicted molar refractivity (Wildman–Crippen MR) is 124 cm³/mol. The molecule has 2 amide bonds. The van der Waals surface area contributed by atoms with E-state index >= 15 is 0 Å². The number of rotatable bonds is 8. The van der Waals surface area contributed by atoms with Crippen molar-refractivity contribution in [3.05, 3.63) is 62.7 Å². The Labute approximate surface area is 193 Å². The summed E-state index contributed by atoms with van der Waals surface area (Å²) in [6, 6.07) is 9.47. The standard InChI is InChI=1S/C23H23BrFNO4S/c1-4-14(3)26-22(27)21(31-23(26)28)11-16-10-19(29-5-2)20(12-18(16)24)30-13-15-6-8-17(25)9-7-15/h6-12,14H,4-5,13H2,1-3H3/b21-11+/t14-/m1/s1. The van der Waals surface area contributed by atoms with Gasteiger partial charge in [0.1, 0.15) is 12.4 Å². The number of ether oxygens (including phenoxy) is 2. The van der Waals surface area contributed by atoms with Crippen LogP contribution in [0.15, 0.2) is 45.8 Å². The van der Waals surface area contributed by atoms with Gasteiger partial charge in [-0.3, -0.25) is 14.5 Å². The second-order valence-electron chi connectivity index (χ2n) is 6.98. The normalized spacial score (nSPS) is 16.2. The van der Waals surface area contributed by atoms with Crippen molar-refractivity contribution in [1.29, 1.82) is 0 Å². The van der Waals surface area contributed by atoms with Gasteiger partial charge in [0.15, 0.2) is 11.5 Å². The number of thioether (sulfide) groups is 1. The van der Waals surface area contributed by atoms with Gasteiger partial charge in [-0.25, -0.2) is 4.39 Å². The van der Waals surface area contributed by atoms with Crippen molar-refractivity contribution in [2.24, 2.45) is 0 Å². The third-order valence-corrected chi connectivity index (χ3v) is 6.38. The molecule has 31 heavy (non-hydrogen) atoms. The molecule has 0 spiro atoms. The zero-order valence-electron chi connectivity index (χ0n) is 17.5. The lowest BCUT2D eigenvalue weighted by Gasteiger charge is -2.19. The smallest absolute Gasteiger partial charge is 0.293 e. The average molecular weight is 508 g/mol. The van der Waals surface area contributed by atoms with E-state index in [0.29, 0.717) is 39.5 Å². The molecule has 2 aromatic carbocycles. The molecule has 1 saturated heterocycles. The Morgan fingerprint density at radius 3 is 2.45 bits per heavy atom. The van der Waals surface area contributed by atoms with Crippen LogP contribution in [-0.2, 0) is 11.4 Å². The number of nitrogens with zero attached hydrogens (tertiary/aromatic N) is 1. The Morgan fingerprint density at radius 2 is 1.81 bits per heavy atom. The summed E-state index contributed by atoms with van der Waals surface area (Å²) >= 11 is 4.46. The van der Waals surface area contributed by atoms with Gasteiger partial charge in [-0.15, -0.1) is 0 Å². The second-order valence-corrected chi connectivity index (χ2v) is 8.83. The van der Waals surface area contributed by atoms with Gasteiger partial charge in [0.25, 0.3) is 11.1 Å². The Balaban J connectivity index is 1.86. The Bertz CT molecular complexity index is 1010. The molecule has 0 unspecified atom stereocenters. The van der Waals surface area contributed by atoms with Crippen molar-refractivity contribution in [1.82, 2.24) is 4.90 Å². The minimum atomic E-state index is -0.302. The van der Waals surface area contributed by atoms with Gasteiger partial charge >= 0.3 is 0 Å². The zero-order chi connectivity index (χ0) is 22.5. The zero-order valence-corrected chi connectivity index (χ0v) is 19.9. The summed E-state index contributed by atoms with van der Waals surface area (Å²) in [5, 5.41) is -0.258. The molecule has 0 aliphatic carbocycles. The van der Waals surface area contributed by atoms with Crippen LogP contribution in [0.4, 0.5) is 9.18 Å². The van der Waals surface area contributed by atoms with Gasteiger partial charge in [0, 0.05) is 10.5 Å². The SMILES string of the molecule is CCOc1cc(/C=C2/SC(=O)N([C@H](C)CC)C2=O)c(Br)cc1OCc1ccc(F)cc1. The quantitative estimate of drug-likeness (QED) is 0.387. The second kappa shape index (κ2) is 10.3. The molecular weight excluding hydrogens is 485 g/mol. The molecule has 0 saturated carbocycles. The molecule has 164 valence electrons. The number of hydrogen-bond acceptors (Lipinski definition) is 5. The highest BCUT2D eigenvalue weighted by Gasteiger charge is 2.37.